The Kier molecular flexibility index (Phi) is 5.48. The lowest BCUT2D eigenvalue weighted by Crippen LogP contribution is -2.25. The van der Waals surface area contributed by atoms with E-state index < -0.39 is 16.1 Å². The number of benzene rings is 1. The fraction of sp³-hybridized carbons (Fsp3) is 0.286. The van der Waals surface area contributed by atoms with Crippen LogP contribution in [0.3, 0.4) is 0 Å². The molecule has 0 aliphatic carbocycles. The van der Waals surface area contributed by atoms with Crippen molar-refractivity contribution in [3.8, 4) is 17.1 Å². The largest absolute Gasteiger partial charge is 0.591 e. The fourth-order valence-electron chi connectivity index (χ4n) is 2.72. The molecule has 0 N–H and O–H groups in total. The maximum atomic E-state index is 12.4. The van der Waals surface area contributed by atoms with Gasteiger partial charge in [-0.05, 0) is 52.8 Å². The van der Waals surface area contributed by atoms with Crippen molar-refractivity contribution in [2.45, 2.75) is 39.4 Å². The van der Waals surface area contributed by atoms with E-state index in [0.29, 0.717) is 0 Å². The van der Waals surface area contributed by atoms with Gasteiger partial charge in [-0.15, -0.1) is 10.2 Å². The van der Waals surface area contributed by atoms with Gasteiger partial charge in [0.25, 0.3) is 0 Å². The molecule has 0 saturated carbocycles. The molecule has 2 aromatic heterocycles. The zero-order valence-corrected chi connectivity index (χ0v) is 17.1. The Labute approximate surface area is 163 Å². The van der Waals surface area contributed by atoms with Gasteiger partial charge in [-0.2, -0.15) is 0 Å². The van der Waals surface area contributed by atoms with Crippen LogP contribution >= 0.6 is 0 Å². The minimum Gasteiger partial charge on any atom is -0.591 e. The Morgan fingerprint density at radius 2 is 1.63 bits per heavy atom. The number of rotatable bonds is 4. The second-order valence-corrected chi connectivity index (χ2v) is 9.35. The summed E-state index contributed by atoms with van der Waals surface area (Å²) < 4.78 is 18.3. The molecular formula is C21H24N4OS. The number of aromatic nitrogens is 3. The molecule has 0 amide bonds. The van der Waals surface area contributed by atoms with Crippen molar-refractivity contribution in [2.75, 3.05) is 0 Å². The Morgan fingerprint density at radius 1 is 1.00 bits per heavy atom. The summed E-state index contributed by atoms with van der Waals surface area (Å²) >= 11 is -1.34. The molecule has 0 spiro atoms. The minimum absolute atomic E-state index is 0.416. The lowest BCUT2D eigenvalue weighted by atomic mass is 10.1. The van der Waals surface area contributed by atoms with Crippen LogP contribution in [-0.4, -0.2) is 30.3 Å². The molecule has 0 aliphatic heterocycles. The highest BCUT2D eigenvalue weighted by molar-refractivity contribution is 7.91. The van der Waals surface area contributed by atoms with Crippen LogP contribution in [0.5, 0.6) is 0 Å². The van der Waals surface area contributed by atoms with Gasteiger partial charge in [0.2, 0.25) is 0 Å². The smallest absolute Gasteiger partial charge is 0.160 e. The van der Waals surface area contributed by atoms with Crippen molar-refractivity contribution < 1.29 is 4.55 Å². The van der Waals surface area contributed by atoms with Crippen molar-refractivity contribution in [1.29, 1.82) is 0 Å². The highest BCUT2D eigenvalue weighted by atomic mass is 32.2. The summed E-state index contributed by atoms with van der Waals surface area (Å²) in [7, 11) is 0. The van der Waals surface area contributed by atoms with Crippen LogP contribution in [0.15, 0.2) is 52.9 Å². The minimum atomic E-state index is -1.34. The van der Waals surface area contributed by atoms with Crippen LogP contribution in [-0.2, 0) is 11.4 Å². The lowest BCUT2D eigenvalue weighted by molar-refractivity contribution is 0.562. The molecule has 5 nitrogen and oxygen atoms in total. The van der Waals surface area contributed by atoms with Crippen molar-refractivity contribution in [1.82, 2.24) is 14.8 Å². The number of hydrogen-bond donors (Lipinski definition) is 0. The third-order valence-electron chi connectivity index (χ3n) is 4.17. The summed E-state index contributed by atoms with van der Waals surface area (Å²) in [5.41, 5.74) is 4.61. The molecule has 3 rings (SSSR count). The normalized spacial score (nSPS) is 13.3. The third kappa shape index (κ3) is 4.28. The number of hydrogen-bond acceptors (Lipinski definition) is 4. The quantitative estimate of drug-likeness (QED) is 0.497. The Bertz CT molecular complexity index is 939. The molecule has 27 heavy (non-hydrogen) atoms. The van der Waals surface area contributed by atoms with E-state index in [0.717, 1.165) is 34.0 Å². The lowest BCUT2D eigenvalue weighted by Gasteiger charge is -2.18. The van der Waals surface area contributed by atoms with Gasteiger partial charge in [0, 0.05) is 22.5 Å². The molecule has 0 radical (unpaired) electrons. The van der Waals surface area contributed by atoms with E-state index in [1.807, 2.05) is 87.7 Å². The third-order valence-corrected chi connectivity index (χ3v) is 5.51. The van der Waals surface area contributed by atoms with Crippen molar-refractivity contribution in [3.63, 3.8) is 0 Å². The maximum absolute atomic E-state index is 12.4. The molecule has 140 valence electrons. The van der Waals surface area contributed by atoms with Gasteiger partial charge in [-0.3, -0.25) is 0 Å². The molecule has 6 heteroatoms. The Balaban J connectivity index is 2.11. The first-order chi connectivity index (χ1) is 12.8. The first-order valence-electron chi connectivity index (χ1n) is 8.82. The maximum Gasteiger partial charge on any atom is 0.160 e. The molecule has 2 heterocycles. The highest BCUT2D eigenvalue weighted by Gasteiger charge is 2.26. The van der Waals surface area contributed by atoms with Gasteiger partial charge < -0.3 is 9.12 Å². The van der Waals surface area contributed by atoms with Gasteiger partial charge in [0.05, 0.1) is 6.21 Å². The standard InChI is InChI=1S/C21H24N4OS/c1-15-11-12-16(2)25(15)19-13-18(14-22-27(26)21(3,4)5)20(24-23-19)17-9-7-6-8-10-17/h6-14H,1-5H3/b22-14+. The monoisotopic (exact) mass is 380 g/mol. The molecule has 0 bridgehead atoms. The molecule has 3 aromatic rings. The topological polar surface area (TPSA) is 66.1 Å². The molecule has 1 atom stereocenters. The SMILES string of the molecule is Cc1ccc(C)n1-c1cc(/C=N/[S+]([O-])C(C)(C)C)c(-c2ccccc2)nn1. The van der Waals surface area contributed by atoms with E-state index in [4.69, 9.17) is 0 Å². The summed E-state index contributed by atoms with van der Waals surface area (Å²) in [5.74, 6) is 0.720. The molecule has 0 fully saturated rings. The highest BCUT2D eigenvalue weighted by Crippen LogP contribution is 2.24. The first-order valence-corrected chi connectivity index (χ1v) is 9.92. The average molecular weight is 381 g/mol. The first kappa shape index (κ1) is 19.3. The van der Waals surface area contributed by atoms with Crippen molar-refractivity contribution in [2.24, 2.45) is 4.40 Å². The van der Waals surface area contributed by atoms with Crippen molar-refractivity contribution >= 4 is 17.6 Å². The van der Waals surface area contributed by atoms with Crippen LogP contribution < -0.4 is 0 Å². The zero-order chi connectivity index (χ0) is 19.6. The van der Waals surface area contributed by atoms with E-state index in [1.54, 1.807) is 6.21 Å². The average Bonchev–Trinajstić information content (AvgIpc) is 2.97. The Morgan fingerprint density at radius 3 is 2.22 bits per heavy atom. The van der Waals surface area contributed by atoms with Gasteiger partial charge in [0.1, 0.15) is 21.8 Å². The predicted octanol–water partition coefficient (Wildman–Crippen LogP) is 4.43. The van der Waals surface area contributed by atoms with Gasteiger partial charge in [-0.25, -0.2) is 0 Å². The van der Waals surface area contributed by atoms with Gasteiger partial charge >= 0.3 is 0 Å². The van der Waals surface area contributed by atoms with Crippen LogP contribution in [0.25, 0.3) is 17.1 Å². The summed E-state index contributed by atoms with van der Waals surface area (Å²) in [6.45, 7) is 9.77. The summed E-state index contributed by atoms with van der Waals surface area (Å²) in [6.07, 6.45) is 1.65. The summed E-state index contributed by atoms with van der Waals surface area (Å²) in [6, 6.07) is 15.9. The fourth-order valence-corrected chi connectivity index (χ4v) is 3.24. The van der Waals surface area contributed by atoms with Crippen LogP contribution in [0.4, 0.5) is 0 Å². The molecule has 1 unspecified atom stereocenters. The van der Waals surface area contributed by atoms with Gasteiger partial charge in [-0.1, -0.05) is 34.7 Å². The van der Waals surface area contributed by atoms with Gasteiger partial charge in [0.15, 0.2) is 5.82 Å². The van der Waals surface area contributed by atoms with Crippen LogP contribution in [0.1, 0.15) is 37.7 Å². The molecule has 0 saturated heterocycles. The zero-order valence-electron chi connectivity index (χ0n) is 16.3. The molecule has 0 aliphatic rings. The second kappa shape index (κ2) is 7.66. The molecular weight excluding hydrogens is 356 g/mol. The number of nitrogens with zero attached hydrogens (tertiary/aromatic N) is 4. The summed E-state index contributed by atoms with van der Waals surface area (Å²) in [4.78, 5) is 0. The van der Waals surface area contributed by atoms with Crippen LogP contribution in [0.2, 0.25) is 0 Å². The molecule has 1 aromatic carbocycles. The van der Waals surface area contributed by atoms with E-state index in [9.17, 15) is 4.55 Å². The van der Waals surface area contributed by atoms with Crippen LogP contribution in [0, 0.1) is 13.8 Å². The van der Waals surface area contributed by atoms with E-state index >= 15 is 0 Å². The van der Waals surface area contributed by atoms with E-state index in [2.05, 4.69) is 14.6 Å². The van der Waals surface area contributed by atoms with Crippen molar-refractivity contribution in [3.05, 3.63) is 65.5 Å². The predicted molar refractivity (Wildman–Crippen MR) is 112 cm³/mol. The second-order valence-electron chi connectivity index (χ2n) is 7.42. The number of aryl methyl sites for hydroxylation is 2. The van der Waals surface area contributed by atoms with E-state index in [-0.39, 0.29) is 0 Å². The Hall–Kier alpha value is -2.44. The van der Waals surface area contributed by atoms with E-state index in [1.165, 1.54) is 0 Å². The summed E-state index contributed by atoms with van der Waals surface area (Å²) in [5, 5.41) is 8.90.